The summed E-state index contributed by atoms with van der Waals surface area (Å²) in [6.07, 6.45) is 0. The average Bonchev–Trinajstić information content (AvgIpc) is 3.05. The van der Waals surface area contributed by atoms with Crippen LogP contribution in [0.15, 0.2) is 63.3 Å². The maximum atomic E-state index is 11.0. The van der Waals surface area contributed by atoms with Crippen molar-refractivity contribution in [3.63, 3.8) is 0 Å². The Hall–Kier alpha value is -2.47. The van der Waals surface area contributed by atoms with Crippen LogP contribution in [0.2, 0.25) is 0 Å². The molecular formula is C25H32N4O5S. The Morgan fingerprint density at radius 3 is 2.43 bits per heavy atom. The van der Waals surface area contributed by atoms with E-state index in [1.807, 2.05) is 6.07 Å². The van der Waals surface area contributed by atoms with Gasteiger partial charge < -0.3 is 30.3 Å². The zero-order valence-corrected chi connectivity index (χ0v) is 20.5. The number of para-hydroxylation sites is 1. The Morgan fingerprint density at radius 2 is 1.69 bits per heavy atom. The van der Waals surface area contributed by atoms with Crippen LogP contribution < -0.4 is 5.73 Å². The van der Waals surface area contributed by atoms with Gasteiger partial charge in [-0.05, 0) is 18.2 Å². The normalized spacial score (nSPS) is 17.7. The monoisotopic (exact) mass is 500 g/mol. The van der Waals surface area contributed by atoms with Crippen LogP contribution in [0.5, 0.6) is 0 Å². The number of ether oxygens (including phenoxy) is 2. The molecule has 2 aliphatic rings. The van der Waals surface area contributed by atoms with Gasteiger partial charge in [0, 0.05) is 48.1 Å². The van der Waals surface area contributed by atoms with Crippen molar-refractivity contribution in [1.29, 1.82) is 0 Å². The zero-order chi connectivity index (χ0) is 24.7. The molecule has 0 aromatic heterocycles. The number of amidine groups is 1. The Bertz CT molecular complexity index is 1040. The summed E-state index contributed by atoms with van der Waals surface area (Å²) in [5, 5.41) is 18.1. The number of nitrogens with two attached hydrogens (primary N) is 1. The molecule has 1 fully saturated rings. The maximum Gasteiger partial charge on any atom is 0.328 e. The molecule has 10 heteroatoms. The minimum atomic E-state index is -1.78. The number of fused-ring (bicyclic) bond motifs is 2. The van der Waals surface area contributed by atoms with Gasteiger partial charge in [-0.15, -0.1) is 0 Å². The predicted octanol–water partition coefficient (Wildman–Crippen LogP) is 1.65. The summed E-state index contributed by atoms with van der Waals surface area (Å²) < 4.78 is 10.9. The van der Waals surface area contributed by atoms with E-state index in [4.69, 9.17) is 30.4 Å². The number of hydrogen-bond acceptors (Lipinski definition) is 9. The second-order valence-electron chi connectivity index (χ2n) is 8.61. The van der Waals surface area contributed by atoms with Crippen molar-refractivity contribution in [1.82, 2.24) is 9.80 Å². The first kappa shape index (κ1) is 25.6. The SMILES string of the molecule is NC(CO)(COCCOCCN1CCN(C2=Nc3ccccc3Sc3ccccc32)CC1)C(=O)O. The highest BCUT2D eigenvalue weighted by Crippen LogP contribution is 2.40. The third-order valence-corrected chi connectivity index (χ3v) is 7.24. The molecule has 0 radical (unpaired) electrons. The molecule has 4 N–H and O–H groups in total. The van der Waals surface area contributed by atoms with Gasteiger partial charge in [0.15, 0.2) is 5.54 Å². The highest BCUT2D eigenvalue weighted by Gasteiger charge is 2.33. The molecule has 0 saturated carbocycles. The van der Waals surface area contributed by atoms with Gasteiger partial charge in [0.25, 0.3) is 0 Å². The molecule has 2 heterocycles. The molecule has 0 aliphatic carbocycles. The van der Waals surface area contributed by atoms with E-state index in [2.05, 4.69) is 52.3 Å². The molecule has 0 spiro atoms. The van der Waals surface area contributed by atoms with Crippen molar-refractivity contribution in [2.75, 3.05) is 65.8 Å². The van der Waals surface area contributed by atoms with Gasteiger partial charge in [-0.25, -0.2) is 4.99 Å². The van der Waals surface area contributed by atoms with Gasteiger partial charge in [0.05, 0.1) is 38.7 Å². The lowest BCUT2D eigenvalue weighted by atomic mass is 10.1. The fraction of sp³-hybridized carbons (Fsp3) is 0.440. The molecule has 0 amide bonds. The number of aliphatic carboxylic acids is 1. The number of aliphatic hydroxyl groups excluding tert-OH is 1. The molecular weight excluding hydrogens is 468 g/mol. The second kappa shape index (κ2) is 12.0. The van der Waals surface area contributed by atoms with Gasteiger partial charge in [-0.1, -0.05) is 42.1 Å². The Balaban J connectivity index is 1.23. The van der Waals surface area contributed by atoms with E-state index in [0.717, 1.165) is 44.2 Å². The van der Waals surface area contributed by atoms with Gasteiger partial charge in [-0.2, -0.15) is 0 Å². The van der Waals surface area contributed by atoms with Crippen LogP contribution in [-0.4, -0.2) is 103 Å². The van der Waals surface area contributed by atoms with E-state index >= 15 is 0 Å². The molecule has 1 atom stereocenters. The number of carboxylic acids is 1. The standard InChI is InChI=1S/C25H32N4O5S/c26-25(17-30,24(31)32)18-34-16-15-33-14-13-28-9-11-29(12-10-28)23-19-5-1-3-7-21(19)35-22-8-4-2-6-20(22)27-23/h1-8,30H,9-18,26H2,(H,31,32). The predicted molar refractivity (Wildman–Crippen MR) is 134 cm³/mol. The number of nitrogens with zero attached hydrogens (tertiary/aromatic N) is 3. The van der Waals surface area contributed by atoms with Gasteiger partial charge in [0.2, 0.25) is 0 Å². The van der Waals surface area contributed by atoms with Crippen molar-refractivity contribution in [3.8, 4) is 0 Å². The highest BCUT2D eigenvalue weighted by molar-refractivity contribution is 7.99. The Kier molecular flexibility index (Phi) is 8.77. The van der Waals surface area contributed by atoms with E-state index in [1.165, 1.54) is 15.4 Å². The molecule has 0 bridgehead atoms. The number of aliphatic imine (C=N–C) groups is 1. The largest absolute Gasteiger partial charge is 0.480 e. The number of hydrogen-bond donors (Lipinski definition) is 3. The number of carbonyl (C=O) groups is 1. The first-order chi connectivity index (χ1) is 17.0. The summed E-state index contributed by atoms with van der Waals surface area (Å²) in [4.78, 5) is 23.2. The lowest BCUT2D eigenvalue weighted by Gasteiger charge is -2.36. The topological polar surface area (TPSA) is 121 Å². The minimum absolute atomic E-state index is 0.221. The van der Waals surface area contributed by atoms with Crippen LogP contribution in [-0.2, 0) is 14.3 Å². The summed E-state index contributed by atoms with van der Waals surface area (Å²) in [6.45, 7) is 4.59. The van der Waals surface area contributed by atoms with Crippen molar-refractivity contribution < 1.29 is 24.5 Å². The van der Waals surface area contributed by atoms with Gasteiger partial charge in [-0.3, -0.25) is 9.69 Å². The van der Waals surface area contributed by atoms with Gasteiger partial charge in [0.1, 0.15) is 5.84 Å². The van der Waals surface area contributed by atoms with Crippen LogP contribution in [0.1, 0.15) is 5.56 Å². The summed E-state index contributed by atoms with van der Waals surface area (Å²) in [7, 11) is 0. The summed E-state index contributed by atoms with van der Waals surface area (Å²) in [6, 6.07) is 16.7. The molecule has 1 saturated heterocycles. The highest BCUT2D eigenvalue weighted by atomic mass is 32.2. The average molecular weight is 501 g/mol. The number of aliphatic hydroxyl groups is 1. The lowest BCUT2D eigenvalue weighted by Crippen LogP contribution is -2.55. The third-order valence-electron chi connectivity index (χ3n) is 6.10. The quantitative estimate of drug-likeness (QED) is 0.418. The molecule has 35 heavy (non-hydrogen) atoms. The molecule has 2 aliphatic heterocycles. The van der Waals surface area contributed by atoms with E-state index < -0.39 is 18.1 Å². The van der Waals surface area contributed by atoms with Crippen LogP contribution in [0.4, 0.5) is 5.69 Å². The van der Waals surface area contributed by atoms with E-state index in [9.17, 15) is 4.79 Å². The van der Waals surface area contributed by atoms with Crippen LogP contribution in [0.25, 0.3) is 0 Å². The van der Waals surface area contributed by atoms with E-state index in [1.54, 1.807) is 11.8 Å². The van der Waals surface area contributed by atoms with E-state index in [-0.39, 0.29) is 13.2 Å². The number of benzene rings is 2. The van der Waals surface area contributed by atoms with Crippen molar-refractivity contribution in [3.05, 3.63) is 54.1 Å². The lowest BCUT2D eigenvalue weighted by molar-refractivity contribution is -0.148. The molecule has 4 rings (SSSR count). The number of piperazine rings is 1. The first-order valence-electron chi connectivity index (χ1n) is 11.7. The first-order valence-corrected chi connectivity index (χ1v) is 12.5. The summed E-state index contributed by atoms with van der Waals surface area (Å²) >= 11 is 1.77. The number of rotatable bonds is 10. The number of carboxylic acid groups (broad SMARTS) is 1. The Labute approximate surface area is 209 Å². The molecule has 2 aromatic carbocycles. The van der Waals surface area contributed by atoms with E-state index in [0.29, 0.717) is 13.2 Å². The second-order valence-corrected chi connectivity index (χ2v) is 9.70. The molecule has 1 unspecified atom stereocenters. The van der Waals surface area contributed by atoms with Crippen LogP contribution in [0.3, 0.4) is 0 Å². The fourth-order valence-electron chi connectivity index (χ4n) is 3.94. The van der Waals surface area contributed by atoms with Crippen molar-refractivity contribution in [2.45, 2.75) is 15.3 Å². The Morgan fingerprint density at radius 1 is 1.00 bits per heavy atom. The molecule has 188 valence electrons. The van der Waals surface area contributed by atoms with Crippen LogP contribution >= 0.6 is 11.8 Å². The third kappa shape index (κ3) is 6.40. The van der Waals surface area contributed by atoms with Crippen molar-refractivity contribution >= 4 is 29.3 Å². The molecule has 2 aromatic rings. The molecule has 9 nitrogen and oxygen atoms in total. The summed E-state index contributed by atoms with van der Waals surface area (Å²) in [5.41, 5.74) is 5.98. The van der Waals surface area contributed by atoms with Crippen molar-refractivity contribution in [2.24, 2.45) is 10.7 Å². The van der Waals surface area contributed by atoms with Crippen LogP contribution in [0, 0.1) is 0 Å². The smallest absolute Gasteiger partial charge is 0.328 e. The van der Waals surface area contributed by atoms with Gasteiger partial charge >= 0.3 is 5.97 Å². The zero-order valence-electron chi connectivity index (χ0n) is 19.6. The minimum Gasteiger partial charge on any atom is -0.480 e. The summed E-state index contributed by atoms with van der Waals surface area (Å²) in [5.74, 6) is -0.257. The maximum absolute atomic E-state index is 11.0. The fourth-order valence-corrected chi connectivity index (χ4v) is 4.95.